The molecule has 3 N–H and O–H groups in total. The van der Waals surface area contributed by atoms with Crippen molar-refractivity contribution >= 4 is 35.3 Å². The highest BCUT2D eigenvalue weighted by Crippen LogP contribution is 2.26. The Morgan fingerprint density at radius 3 is 2.91 bits per heavy atom. The quantitative estimate of drug-likeness (QED) is 0.827. The van der Waals surface area contributed by atoms with E-state index in [1.807, 2.05) is 18.4 Å². The van der Waals surface area contributed by atoms with Crippen LogP contribution in [0.25, 0.3) is 0 Å². The number of carbonyl (C=O) groups excluding carboxylic acids is 2. The van der Waals surface area contributed by atoms with Gasteiger partial charge in [0.2, 0.25) is 0 Å². The number of urea groups is 1. The van der Waals surface area contributed by atoms with Crippen LogP contribution >= 0.6 is 23.4 Å². The SMILES string of the molecule is CSc1ccc(Cl)c(C(=O)N2CCCC[C@@H]2CNC(N)=O)c1. The Hall–Kier alpha value is -1.40. The van der Waals surface area contributed by atoms with E-state index in [4.69, 9.17) is 17.3 Å². The van der Waals surface area contributed by atoms with Crippen molar-refractivity contribution in [2.75, 3.05) is 19.3 Å². The zero-order chi connectivity index (χ0) is 16.1. The first-order valence-electron chi connectivity index (χ1n) is 7.20. The topological polar surface area (TPSA) is 75.4 Å². The molecule has 7 heteroatoms. The molecule has 0 saturated carbocycles. The van der Waals surface area contributed by atoms with Crippen LogP contribution in [0.3, 0.4) is 0 Å². The van der Waals surface area contributed by atoms with E-state index in [2.05, 4.69) is 5.32 Å². The van der Waals surface area contributed by atoms with Crippen LogP contribution in [-0.2, 0) is 0 Å². The summed E-state index contributed by atoms with van der Waals surface area (Å²) in [5.74, 6) is -0.0862. The van der Waals surface area contributed by atoms with E-state index in [-0.39, 0.29) is 11.9 Å². The van der Waals surface area contributed by atoms with E-state index in [1.54, 1.807) is 22.7 Å². The van der Waals surface area contributed by atoms with Crippen molar-refractivity contribution in [1.82, 2.24) is 10.2 Å². The lowest BCUT2D eigenvalue weighted by Crippen LogP contribution is -2.50. The first-order chi connectivity index (χ1) is 10.5. The summed E-state index contributed by atoms with van der Waals surface area (Å²) in [6.07, 6.45) is 4.80. The highest BCUT2D eigenvalue weighted by atomic mass is 35.5. The number of nitrogens with two attached hydrogens (primary N) is 1. The van der Waals surface area contributed by atoms with Gasteiger partial charge >= 0.3 is 6.03 Å². The summed E-state index contributed by atoms with van der Waals surface area (Å²) in [6, 6.07) is 4.86. The Labute approximate surface area is 139 Å². The number of benzene rings is 1. The third kappa shape index (κ3) is 4.08. The number of hydrogen-bond acceptors (Lipinski definition) is 3. The Bertz CT molecular complexity index is 568. The number of piperidine rings is 1. The van der Waals surface area contributed by atoms with Crippen LogP contribution in [0.2, 0.25) is 5.02 Å². The summed E-state index contributed by atoms with van der Waals surface area (Å²) in [4.78, 5) is 26.5. The molecule has 1 aliphatic heterocycles. The smallest absolute Gasteiger partial charge is 0.312 e. The van der Waals surface area contributed by atoms with Gasteiger partial charge in [0.25, 0.3) is 5.91 Å². The number of nitrogens with one attached hydrogen (secondary N) is 1. The summed E-state index contributed by atoms with van der Waals surface area (Å²) in [6.45, 7) is 1.05. The predicted molar refractivity (Wildman–Crippen MR) is 89.5 cm³/mol. The molecule has 3 amide bonds. The van der Waals surface area contributed by atoms with Crippen molar-refractivity contribution in [3.05, 3.63) is 28.8 Å². The van der Waals surface area contributed by atoms with Gasteiger partial charge in [0, 0.05) is 24.0 Å². The van der Waals surface area contributed by atoms with E-state index >= 15 is 0 Å². The number of carbonyl (C=O) groups is 2. The molecule has 1 saturated heterocycles. The van der Waals surface area contributed by atoms with Gasteiger partial charge < -0.3 is 16.0 Å². The van der Waals surface area contributed by atoms with Crippen molar-refractivity contribution < 1.29 is 9.59 Å². The van der Waals surface area contributed by atoms with Gasteiger partial charge in [0.15, 0.2) is 0 Å². The first-order valence-corrected chi connectivity index (χ1v) is 8.81. The average molecular weight is 342 g/mol. The monoisotopic (exact) mass is 341 g/mol. The number of hydrogen-bond donors (Lipinski definition) is 2. The molecule has 5 nitrogen and oxygen atoms in total. The first kappa shape index (κ1) is 17.0. The molecular formula is C15H20ClN3O2S. The van der Waals surface area contributed by atoms with Crippen molar-refractivity contribution in [2.24, 2.45) is 5.73 Å². The molecule has 22 heavy (non-hydrogen) atoms. The molecule has 0 bridgehead atoms. The second kappa shape index (κ2) is 7.74. The summed E-state index contributed by atoms with van der Waals surface area (Å²) in [5, 5.41) is 3.05. The van der Waals surface area contributed by atoms with E-state index in [0.717, 1.165) is 24.2 Å². The summed E-state index contributed by atoms with van der Waals surface area (Å²) >= 11 is 7.76. The second-order valence-electron chi connectivity index (χ2n) is 5.24. The standard InChI is InChI=1S/C15H20ClN3O2S/c1-22-11-5-6-13(16)12(8-11)14(20)19-7-3-2-4-10(19)9-18-15(17)21/h5-6,8,10H,2-4,7,9H2,1H3,(H3,17,18,21)/t10-/m1/s1. The number of rotatable bonds is 4. The predicted octanol–water partition coefficient (Wildman–Crippen LogP) is 2.72. The lowest BCUT2D eigenvalue weighted by Gasteiger charge is -2.36. The van der Waals surface area contributed by atoms with Gasteiger partial charge in [0.05, 0.1) is 10.6 Å². The molecule has 1 aromatic carbocycles. The molecule has 1 fully saturated rings. The Balaban J connectivity index is 2.19. The van der Waals surface area contributed by atoms with Crippen molar-refractivity contribution in [1.29, 1.82) is 0 Å². The van der Waals surface area contributed by atoms with Crippen LogP contribution in [0.15, 0.2) is 23.1 Å². The van der Waals surface area contributed by atoms with Crippen molar-refractivity contribution in [3.8, 4) is 0 Å². The molecule has 0 unspecified atom stereocenters. The maximum atomic E-state index is 12.8. The average Bonchev–Trinajstić information content (AvgIpc) is 2.53. The van der Waals surface area contributed by atoms with Gasteiger partial charge in [-0.25, -0.2) is 4.79 Å². The van der Waals surface area contributed by atoms with Crippen LogP contribution in [-0.4, -0.2) is 42.2 Å². The largest absolute Gasteiger partial charge is 0.352 e. The number of halogens is 1. The molecule has 1 aliphatic rings. The van der Waals surface area contributed by atoms with Crippen LogP contribution in [0.4, 0.5) is 4.79 Å². The molecule has 0 aliphatic carbocycles. The molecule has 1 atom stereocenters. The minimum atomic E-state index is -0.569. The molecule has 120 valence electrons. The lowest BCUT2D eigenvalue weighted by molar-refractivity contribution is 0.0615. The van der Waals surface area contributed by atoms with E-state index in [9.17, 15) is 9.59 Å². The van der Waals surface area contributed by atoms with E-state index < -0.39 is 6.03 Å². The van der Waals surface area contributed by atoms with Crippen molar-refractivity contribution in [3.63, 3.8) is 0 Å². The zero-order valence-corrected chi connectivity index (χ0v) is 14.0. The number of primary amides is 1. The molecular weight excluding hydrogens is 322 g/mol. The van der Waals surface area contributed by atoms with Crippen LogP contribution in [0.1, 0.15) is 29.6 Å². The Morgan fingerprint density at radius 2 is 2.23 bits per heavy atom. The molecule has 2 rings (SSSR count). The summed E-state index contributed by atoms with van der Waals surface area (Å²) in [7, 11) is 0. The van der Waals surface area contributed by atoms with Crippen molar-refractivity contribution in [2.45, 2.75) is 30.2 Å². The minimum Gasteiger partial charge on any atom is -0.352 e. The van der Waals surface area contributed by atoms with Gasteiger partial charge in [0.1, 0.15) is 0 Å². The zero-order valence-electron chi connectivity index (χ0n) is 12.5. The number of likely N-dealkylation sites (tertiary alicyclic amines) is 1. The van der Waals surface area contributed by atoms with Gasteiger partial charge in [-0.15, -0.1) is 11.8 Å². The third-order valence-electron chi connectivity index (χ3n) is 3.80. The van der Waals surface area contributed by atoms with E-state index in [0.29, 0.717) is 23.7 Å². The fraction of sp³-hybridized carbons (Fsp3) is 0.467. The van der Waals surface area contributed by atoms with Gasteiger partial charge in [-0.05, 0) is 43.7 Å². The maximum absolute atomic E-state index is 12.8. The van der Waals surface area contributed by atoms with Crippen LogP contribution in [0.5, 0.6) is 0 Å². The normalized spacial score (nSPS) is 18.1. The highest BCUT2D eigenvalue weighted by Gasteiger charge is 2.28. The second-order valence-corrected chi connectivity index (χ2v) is 6.53. The number of nitrogens with zero attached hydrogens (tertiary/aromatic N) is 1. The summed E-state index contributed by atoms with van der Waals surface area (Å²) < 4.78 is 0. The number of amides is 3. The molecule has 0 aromatic heterocycles. The third-order valence-corrected chi connectivity index (χ3v) is 4.86. The molecule has 0 radical (unpaired) electrons. The Morgan fingerprint density at radius 1 is 1.45 bits per heavy atom. The molecule has 1 heterocycles. The Kier molecular flexibility index (Phi) is 5.97. The van der Waals surface area contributed by atoms with Crippen LogP contribution < -0.4 is 11.1 Å². The highest BCUT2D eigenvalue weighted by molar-refractivity contribution is 7.98. The molecule has 1 aromatic rings. The number of thioether (sulfide) groups is 1. The van der Waals surface area contributed by atoms with Gasteiger partial charge in [-0.1, -0.05) is 11.6 Å². The van der Waals surface area contributed by atoms with Crippen LogP contribution in [0, 0.1) is 0 Å². The summed E-state index contributed by atoms with van der Waals surface area (Å²) in [5.41, 5.74) is 5.64. The fourth-order valence-corrected chi connectivity index (χ4v) is 3.29. The maximum Gasteiger partial charge on any atom is 0.312 e. The lowest BCUT2D eigenvalue weighted by atomic mass is 10.0. The van der Waals surface area contributed by atoms with Gasteiger partial charge in [-0.3, -0.25) is 4.79 Å². The fourth-order valence-electron chi connectivity index (χ4n) is 2.65. The molecule has 0 spiro atoms. The minimum absolute atomic E-state index is 0.0391. The van der Waals surface area contributed by atoms with E-state index in [1.165, 1.54) is 0 Å². The van der Waals surface area contributed by atoms with Gasteiger partial charge in [-0.2, -0.15) is 0 Å².